The van der Waals surface area contributed by atoms with Gasteiger partial charge in [-0.3, -0.25) is 18.9 Å². The Bertz CT molecular complexity index is 1690. The molecule has 204 valence electrons. The fraction of sp³-hybridized carbons (Fsp3) is 0.250. The van der Waals surface area contributed by atoms with Crippen LogP contribution in [0.15, 0.2) is 93.0 Å². The highest BCUT2D eigenvalue weighted by Crippen LogP contribution is 2.30. The quantitative estimate of drug-likeness (QED) is 0.235. The van der Waals surface area contributed by atoms with Crippen molar-refractivity contribution in [3.63, 3.8) is 0 Å². The first kappa shape index (κ1) is 26.9. The standard InChI is InChI=1S/C32H32N4O4/c1-3-5-15-28-27(30(37)36(31(33-28)39-4-2)21-23-11-7-6-8-12-23)20-22-16-18-24(19-17-22)25-13-9-10-14-26(25)29-34-32(38)40-35-29/h6-14,16-19H,3-5,15,20-21H2,1-2H3,(H,34,35,38). The summed E-state index contributed by atoms with van der Waals surface area (Å²) >= 11 is 0. The van der Waals surface area contributed by atoms with Gasteiger partial charge in [-0.25, -0.2) is 9.78 Å². The Morgan fingerprint density at radius 2 is 1.60 bits per heavy atom. The van der Waals surface area contributed by atoms with E-state index in [0.717, 1.165) is 46.4 Å². The summed E-state index contributed by atoms with van der Waals surface area (Å²) in [5, 5.41) is 3.85. The number of H-pyrrole nitrogens is 1. The summed E-state index contributed by atoms with van der Waals surface area (Å²) in [4.78, 5) is 32.9. The average molecular weight is 537 g/mol. The van der Waals surface area contributed by atoms with Gasteiger partial charge in [0, 0.05) is 17.5 Å². The van der Waals surface area contributed by atoms with Crippen molar-refractivity contribution in [3.05, 3.63) is 122 Å². The first-order valence-electron chi connectivity index (χ1n) is 13.6. The van der Waals surface area contributed by atoms with E-state index in [1.165, 1.54) is 0 Å². The minimum Gasteiger partial charge on any atom is -0.465 e. The van der Waals surface area contributed by atoms with Crippen molar-refractivity contribution in [3.8, 4) is 28.5 Å². The van der Waals surface area contributed by atoms with Gasteiger partial charge in [-0.2, -0.15) is 0 Å². The summed E-state index contributed by atoms with van der Waals surface area (Å²) in [6.45, 7) is 4.85. The molecule has 0 bridgehead atoms. The van der Waals surface area contributed by atoms with E-state index in [9.17, 15) is 9.59 Å². The number of hydrogen-bond acceptors (Lipinski definition) is 6. The third-order valence-electron chi connectivity index (χ3n) is 6.81. The van der Waals surface area contributed by atoms with Crippen LogP contribution >= 0.6 is 0 Å². The molecule has 0 aliphatic rings. The number of aromatic nitrogens is 4. The van der Waals surface area contributed by atoms with Crippen LogP contribution in [0.5, 0.6) is 6.01 Å². The number of aromatic amines is 1. The smallest absolute Gasteiger partial charge is 0.439 e. The molecule has 0 aliphatic heterocycles. The van der Waals surface area contributed by atoms with Crippen LogP contribution in [0, 0.1) is 0 Å². The largest absolute Gasteiger partial charge is 0.465 e. The lowest BCUT2D eigenvalue weighted by molar-refractivity contribution is 0.289. The molecular formula is C32H32N4O4. The van der Waals surface area contributed by atoms with Gasteiger partial charge in [0.25, 0.3) is 11.6 Å². The van der Waals surface area contributed by atoms with E-state index < -0.39 is 5.76 Å². The molecule has 2 aromatic heterocycles. The van der Waals surface area contributed by atoms with Crippen molar-refractivity contribution in [2.24, 2.45) is 0 Å². The lowest BCUT2D eigenvalue weighted by Gasteiger charge is -2.17. The molecule has 3 aromatic carbocycles. The summed E-state index contributed by atoms with van der Waals surface area (Å²) < 4.78 is 12.2. The number of aryl methyl sites for hydroxylation is 1. The van der Waals surface area contributed by atoms with Crippen LogP contribution in [0.25, 0.3) is 22.5 Å². The highest BCUT2D eigenvalue weighted by Gasteiger charge is 2.19. The van der Waals surface area contributed by atoms with Gasteiger partial charge < -0.3 is 4.74 Å². The molecule has 0 saturated heterocycles. The first-order chi connectivity index (χ1) is 19.6. The number of nitrogens with zero attached hydrogens (tertiary/aromatic N) is 3. The van der Waals surface area contributed by atoms with Crippen LogP contribution in [0.1, 0.15) is 49.1 Å². The van der Waals surface area contributed by atoms with E-state index in [1.54, 1.807) is 4.57 Å². The number of benzene rings is 3. The highest BCUT2D eigenvalue weighted by atomic mass is 16.5. The predicted octanol–water partition coefficient (Wildman–Crippen LogP) is 5.63. The van der Waals surface area contributed by atoms with Gasteiger partial charge in [0.15, 0.2) is 5.82 Å². The molecule has 8 nitrogen and oxygen atoms in total. The number of unbranched alkanes of at least 4 members (excludes halogenated alkanes) is 1. The van der Waals surface area contributed by atoms with Gasteiger partial charge in [0.1, 0.15) is 0 Å². The second-order valence-electron chi connectivity index (χ2n) is 9.60. The Morgan fingerprint density at radius 3 is 2.27 bits per heavy atom. The predicted molar refractivity (Wildman–Crippen MR) is 155 cm³/mol. The summed E-state index contributed by atoms with van der Waals surface area (Å²) in [6.07, 6.45) is 3.12. The third kappa shape index (κ3) is 5.96. The Hall–Kier alpha value is -4.72. The minimum absolute atomic E-state index is 0.0715. The van der Waals surface area contributed by atoms with Crippen molar-refractivity contribution in [1.82, 2.24) is 19.7 Å². The Morgan fingerprint density at radius 1 is 0.875 bits per heavy atom. The van der Waals surface area contributed by atoms with Crippen LogP contribution in [-0.4, -0.2) is 26.3 Å². The van der Waals surface area contributed by atoms with Gasteiger partial charge in [-0.1, -0.05) is 97.4 Å². The highest BCUT2D eigenvalue weighted by molar-refractivity contribution is 5.80. The van der Waals surface area contributed by atoms with Crippen molar-refractivity contribution >= 4 is 0 Å². The molecule has 0 unspecified atom stereocenters. The maximum atomic E-state index is 13.9. The number of hydrogen-bond donors (Lipinski definition) is 1. The van der Waals surface area contributed by atoms with E-state index in [4.69, 9.17) is 14.2 Å². The molecule has 8 heteroatoms. The van der Waals surface area contributed by atoms with E-state index in [0.29, 0.717) is 43.4 Å². The fourth-order valence-electron chi connectivity index (χ4n) is 4.78. The van der Waals surface area contributed by atoms with Crippen molar-refractivity contribution in [2.75, 3.05) is 6.61 Å². The van der Waals surface area contributed by atoms with Crippen molar-refractivity contribution in [1.29, 1.82) is 0 Å². The van der Waals surface area contributed by atoms with Gasteiger partial charge in [-0.15, -0.1) is 0 Å². The topological polar surface area (TPSA) is 103 Å². The van der Waals surface area contributed by atoms with E-state index in [-0.39, 0.29) is 5.56 Å². The summed E-state index contributed by atoms with van der Waals surface area (Å²) in [6, 6.07) is 26.0. The van der Waals surface area contributed by atoms with E-state index in [1.807, 2.05) is 85.8 Å². The average Bonchev–Trinajstić information content (AvgIpc) is 3.42. The summed E-state index contributed by atoms with van der Waals surface area (Å²) in [5.41, 5.74) is 6.07. The Balaban J connectivity index is 1.50. The number of ether oxygens (including phenoxy) is 1. The zero-order valence-corrected chi connectivity index (χ0v) is 22.7. The molecule has 1 N–H and O–H groups in total. The third-order valence-corrected chi connectivity index (χ3v) is 6.81. The first-order valence-corrected chi connectivity index (χ1v) is 13.6. The lowest BCUT2D eigenvalue weighted by Crippen LogP contribution is -2.29. The second kappa shape index (κ2) is 12.4. The van der Waals surface area contributed by atoms with Gasteiger partial charge >= 0.3 is 5.76 Å². The van der Waals surface area contributed by atoms with E-state index in [2.05, 4.69) is 17.1 Å². The zero-order valence-electron chi connectivity index (χ0n) is 22.7. The van der Waals surface area contributed by atoms with Crippen LogP contribution in [0.3, 0.4) is 0 Å². The second-order valence-corrected chi connectivity index (χ2v) is 9.60. The molecule has 0 spiro atoms. The van der Waals surface area contributed by atoms with Crippen LogP contribution in [-0.2, 0) is 19.4 Å². The molecule has 2 heterocycles. The molecule has 5 rings (SSSR count). The molecule has 0 amide bonds. The molecule has 0 atom stereocenters. The molecule has 0 saturated carbocycles. The fourth-order valence-corrected chi connectivity index (χ4v) is 4.78. The Kier molecular flexibility index (Phi) is 8.35. The molecule has 5 aromatic rings. The van der Waals surface area contributed by atoms with Crippen LogP contribution in [0.4, 0.5) is 0 Å². The van der Waals surface area contributed by atoms with E-state index >= 15 is 0 Å². The lowest BCUT2D eigenvalue weighted by atomic mass is 9.96. The van der Waals surface area contributed by atoms with Gasteiger partial charge in [0.2, 0.25) is 0 Å². The molecular weight excluding hydrogens is 504 g/mol. The zero-order chi connectivity index (χ0) is 27.9. The Labute approximate surface area is 232 Å². The molecule has 0 fully saturated rings. The number of nitrogens with one attached hydrogen (secondary N) is 1. The molecule has 0 radical (unpaired) electrons. The van der Waals surface area contributed by atoms with Gasteiger partial charge in [-0.05, 0) is 42.0 Å². The van der Waals surface area contributed by atoms with Crippen LogP contribution in [0.2, 0.25) is 0 Å². The monoisotopic (exact) mass is 536 g/mol. The van der Waals surface area contributed by atoms with Crippen molar-refractivity contribution < 1.29 is 9.26 Å². The van der Waals surface area contributed by atoms with Crippen LogP contribution < -0.4 is 16.1 Å². The SMILES string of the molecule is CCCCc1nc(OCC)n(Cc2ccccc2)c(=O)c1Cc1ccc(-c2ccccc2-c2noc(=O)[nH]2)cc1. The van der Waals surface area contributed by atoms with Gasteiger partial charge in [0.05, 0.1) is 18.8 Å². The maximum absolute atomic E-state index is 13.9. The van der Waals surface area contributed by atoms with Crippen molar-refractivity contribution in [2.45, 2.75) is 46.1 Å². The normalized spacial score (nSPS) is 11.1. The maximum Gasteiger partial charge on any atom is 0.439 e. The molecule has 40 heavy (non-hydrogen) atoms. The number of rotatable bonds is 11. The minimum atomic E-state index is -0.596. The summed E-state index contributed by atoms with van der Waals surface area (Å²) in [5.74, 6) is -0.217. The molecule has 0 aliphatic carbocycles. The summed E-state index contributed by atoms with van der Waals surface area (Å²) in [7, 11) is 0.